The molecule has 10 nitrogen and oxygen atoms in total. The fraction of sp³-hybridized carbons (Fsp3) is 0.211. The molecule has 240 valence electrons. The molecule has 48 heavy (non-hydrogen) atoms. The standard InChI is InChI=1S/C20H21N5.C18H17N5/c1-4-24(5-2)16-11-12-17-18(13-16)22-20-19(21-17)14(3)23-25(20)15-9-7-6-8-10-15;1-12-17-18(23(21-12)13-7-5-4-6-8-13)20-16-11-14(22(2)3)9-10-15(16)19-17/h6-13H,4-5H2,1-3H3;4-11H,1-3H3. The number of benzene rings is 4. The van der Waals surface area contributed by atoms with E-state index >= 15 is 0 Å². The molecule has 0 spiro atoms. The summed E-state index contributed by atoms with van der Waals surface area (Å²) in [5.41, 5.74) is 12.9. The molecule has 4 aromatic carbocycles. The second-order valence-electron chi connectivity index (χ2n) is 11.9. The second kappa shape index (κ2) is 12.7. The van der Waals surface area contributed by atoms with Gasteiger partial charge in [0.15, 0.2) is 11.3 Å². The SMILES string of the molecule is CCN(CC)c1ccc2nc3c(C)nn(-c4ccccc4)c3nc2c1.Cc1nn(-c2ccccc2)c2nc3cc(N(C)C)ccc3nc12. The van der Waals surface area contributed by atoms with Gasteiger partial charge in [-0.15, -0.1) is 0 Å². The molecule has 0 unspecified atom stereocenters. The molecule has 0 fully saturated rings. The fourth-order valence-corrected chi connectivity index (χ4v) is 5.90. The van der Waals surface area contributed by atoms with Gasteiger partial charge in [-0.05, 0) is 88.4 Å². The fourth-order valence-electron chi connectivity index (χ4n) is 5.90. The van der Waals surface area contributed by atoms with Crippen LogP contribution >= 0.6 is 0 Å². The number of anilines is 2. The first kappa shape index (κ1) is 30.7. The lowest BCUT2D eigenvalue weighted by Crippen LogP contribution is -2.21. The third-order valence-corrected chi connectivity index (χ3v) is 8.49. The first-order chi connectivity index (χ1) is 23.3. The van der Waals surface area contributed by atoms with Crippen LogP contribution in [0.3, 0.4) is 0 Å². The molecule has 8 aromatic rings. The minimum atomic E-state index is 0.789. The van der Waals surface area contributed by atoms with E-state index < -0.39 is 0 Å². The summed E-state index contributed by atoms with van der Waals surface area (Å²) in [6, 6.07) is 32.5. The lowest BCUT2D eigenvalue weighted by molar-refractivity contribution is 0.866. The Kier molecular flexibility index (Phi) is 8.14. The van der Waals surface area contributed by atoms with Crippen LogP contribution in [0.1, 0.15) is 25.2 Å². The summed E-state index contributed by atoms with van der Waals surface area (Å²) in [6.07, 6.45) is 0. The third kappa shape index (κ3) is 5.66. The van der Waals surface area contributed by atoms with Crippen molar-refractivity contribution in [2.75, 3.05) is 37.0 Å². The average Bonchev–Trinajstić information content (AvgIpc) is 3.62. The van der Waals surface area contributed by atoms with Gasteiger partial charge in [0.25, 0.3) is 0 Å². The molecule has 0 aliphatic rings. The number of aromatic nitrogens is 8. The Morgan fingerprint density at radius 2 is 0.958 bits per heavy atom. The van der Waals surface area contributed by atoms with Crippen LogP contribution < -0.4 is 9.80 Å². The van der Waals surface area contributed by atoms with Crippen molar-refractivity contribution in [1.82, 2.24) is 39.5 Å². The first-order valence-corrected chi connectivity index (χ1v) is 16.2. The van der Waals surface area contributed by atoms with Crippen LogP contribution in [-0.4, -0.2) is 66.7 Å². The Balaban J connectivity index is 0.000000152. The molecule has 4 aromatic heterocycles. The maximum atomic E-state index is 4.90. The highest BCUT2D eigenvalue weighted by atomic mass is 15.3. The zero-order valence-electron chi connectivity index (χ0n) is 28.1. The summed E-state index contributed by atoms with van der Waals surface area (Å²) in [7, 11) is 4.04. The second-order valence-corrected chi connectivity index (χ2v) is 11.9. The van der Waals surface area contributed by atoms with Gasteiger partial charge in [-0.3, -0.25) is 0 Å². The van der Waals surface area contributed by atoms with Gasteiger partial charge in [0.1, 0.15) is 11.0 Å². The minimum absolute atomic E-state index is 0.789. The van der Waals surface area contributed by atoms with Crippen LogP contribution in [0.25, 0.3) is 55.8 Å². The van der Waals surface area contributed by atoms with Crippen molar-refractivity contribution in [1.29, 1.82) is 0 Å². The van der Waals surface area contributed by atoms with Crippen LogP contribution in [0.2, 0.25) is 0 Å². The van der Waals surface area contributed by atoms with E-state index in [0.717, 1.165) is 85.9 Å². The number of aryl methyl sites for hydroxylation is 2. The van der Waals surface area contributed by atoms with Crippen LogP contribution in [-0.2, 0) is 0 Å². The van der Waals surface area contributed by atoms with Gasteiger partial charge in [-0.25, -0.2) is 29.3 Å². The molecule has 0 aliphatic heterocycles. The third-order valence-electron chi connectivity index (χ3n) is 8.49. The van der Waals surface area contributed by atoms with Crippen LogP contribution in [0.4, 0.5) is 11.4 Å². The summed E-state index contributed by atoms with van der Waals surface area (Å²) in [5, 5.41) is 9.28. The van der Waals surface area contributed by atoms with Crippen molar-refractivity contribution in [3.05, 3.63) is 108 Å². The van der Waals surface area contributed by atoms with Gasteiger partial charge >= 0.3 is 0 Å². The summed E-state index contributed by atoms with van der Waals surface area (Å²) in [5.74, 6) is 0. The van der Waals surface area contributed by atoms with Gasteiger partial charge in [0, 0.05) is 38.6 Å². The molecule has 10 heteroatoms. The Morgan fingerprint density at radius 1 is 0.521 bits per heavy atom. The van der Waals surface area contributed by atoms with Gasteiger partial charge in [0.2, 0.25) is 0 Å². The maximum Gasteiger partial charge on any atom is 0.182 e. The lowest BCUT2D eigenvalue weighted by Gasteiger charge is -2.21. The molecule has 0 saturated carbocycles. The maximum absolute atomic E-state index is 4.90. The molecule has 0 bridgehead atoms. The number of hydrogen-bond donors (Lipinski definition) is 0. The number of rotatable bonds is 6. The monoisotopic (exact) mass is 634 g/mol. The van der Waals surface area contributed by atoms with Crippen molar-refractivity contribution in [2.45, 2.75) is 27.7 Å². The van der Waals surface area contributed by atoms with E-state index in [9.17, 15) is 0 Å². The highest BCUT2D eigenvalue weighted by Crippen LogP contribution is 2.26. The van der Waals surface area contributed by atoms with E-state index in [0.29, 0.717) is 0 Å². The van der Waals surface area contributed by atoms with Gasteiger partial charge in [-0.1, -0.05) is 36.4 Å². The Labute approximate surface area is 279 Å². The summed E-state index contributed by atoms with van der Waals surface area (Å²) in [6.45, 7) is 10.2. The zero-order chi connectivity index (χ0) is 33.4. The summed E-state index contributed by atoms with van der Waals surface area (Å²) >= 11 is 0. The molecular weight excluding hydrogens is 596 g/mol. The molecule has 4 heterocycles. The van der Waals surface area contributed by atoms with Crippen molar-refractivity contribution < 1.29 is 0 Å². The Morgan fingerprint density at radius 3 is 1.40 bits per heavy atom. The van der Waals surface area contributed by atoms with E-state index in [-0.39, 0.29) is 0 Å². The quantitative estimate of drug-likeness (QED) is 0.186. The Hall–Kier alpha value is -5.90. The molecule has 0 N–H and O–H groups in total. The lowest BCUT2D eigenvalue weighted by atomic mass is 10.2. The van der Waals surface area contributed by atoms with Crippen molar-refractivity contribution in [3.8, 4) is 11.4 Å². The molecule has 0 saturated heterocycles. The smallest absolute Gasteiger partial charge is 0.182 e. The first-order valence-electron chi connectivity index (χ1n) is 16.2. The minimum Gasteiger partial charge on any atom is -0.378 e. The van der Waals surface area contributed by atoms with E-state index in [1.807, 2.05) is 104 Å². The topological polar surface area (TPSA) is 93.7 Å². The predicted molar refractivity (Wildman–Crippen MR) is 196 cm³/mol. The normalized spacial score (nSPS) is 11.3. The molecule has 8 rings (SSSR count). The van der Waals surface area contributed by atoms with Crippen LogP contribution in [0.5, 0.6) is 0 Å². The van der Waals surface area contributed by atoms with Crippen LogP contribution in [0, 0.1) is 13.8 Å². The Bertz CT molecular complexity index is 2370. The molecule has 0 atom stereocenters. The number of fused-ring (bicyclic) bond motifs is 4. The largest absolute Gasteiger partial charge is 0.378 e. The number of para-hydroxylation sites is 2. The number of hydrogen-bond acceptors (Lipinski definition) is 8. The van der Waals surface area contributed by atoms with E-state index in [2.05, 4.69) is 64.2 Å². The summed E-state index contributed by atoms with van der Waals surface area (Å²) in [4.78, 5) is 23.7. The van der Waals surface area contributed by atoms with E-state index in [1.54, 1.807) is 0 Å². The van der Waals surface area contributed by atoms with Crippen molar-refractivity contribution in [3.63, 3.8) is 0 Å². The zero-order valence-corrected chi connectivity index (χ0v) is 28.1. The van der Waals surface area contributed by atoms with Crippen molar-refractivity contribution in [2.24, 2.45) is 0 Å². The molecule has 0 radical (unpaired) electrons. The van der Waals surface area contributed by atoms with Crippen molar-refractivity contribution >= 4 is 55.8 Å². The summed E-state index contributed by atoms with van der Waals surface area (Å²) < 4.78 is 3.74. The molecule has 0 amide bonds. The van der Waals surface area contributed by atoms with Gasteiger partial charge in [-0.2, -0.15) is 10.2 Å². The molecule has 0 aliphatic carbocycles. The number of nitrogens with zero attached hydrogens (tertiary/aromatic N) is 10. The average molecular weight is 635 g/mol. The van der Waals surface area contributed by atoms with Gasteiger partial charge in [0.05, 0.1) is 44.8 Å². The van der Waals surface area contributed by atoms with E-state index in [4.69, 9.17) is 19.9 Å². The molecular formula is C38H38N10. The van der Waals surface area contributed by atoms with E-state index in [1.165, 1.54) is 5.69 Å². The van der Waals surface area contributed by atoms with Gasteiger partial charge < -0.3 is 9.80 Å². The highest BCUT2D eigenvalue weighted by Gasteiger charge is 2.15. The predicted octanol–water partition coefficient (Wildman–Crippen LogP) is 7.47. The van der Waals surface area contributed by atoms with Crippen LogP contribution in [0.15, 0.2) is 97.1 Å². The highest BCUT2D eigenvalue weighted by molar-refractivity contribution is 5.89.